The normalized spacial score (nSPS) is 10.0. The highest BCUT2D eigenvalue weighted by Crippen LogP contribution is 2.21. The number of carboxylic acids is 1. The number of hydrogen-bond acceptors (Lipinski definition) is 5. The van der Waals surface area contributed by atoms with Crippen molar-refractivity contribution in [3.05, 3.63) is 29.7 Å². The van der Waals surface area contributed by atoms with E-state index >= 15 is 0 Å². The van der Waals surface area contributed by atoms with Crippen LogP contribution in [0.25, 0.3) is 11.3 Å². The Hall–Kier alpha value is -1.82. The molecule has 14 heavy (non-hydrogen) atoms. The highest BCUT2D eigenvalue weighted by molar-refractivity contribution is 7.04. The van der Waals surface area contributed by atoms with Gasteiger partial charge in [0.1, 0.15) is 0 Å². The first-order chi connectivity index (χ1) is 6.79. The molecule has 2 rings (SSSR count). The standard InChI is InChI=1S/C8H5N3O2S/c12-8(13)7-5(4-14-11-7)6-3-9-1-2-10-6/h1-4H,(H,12,13). The Bertz CT molecular complexity index is 455. The Morgan fingerprint density at radius 2 is 2.29 bits per heavy atom. The fraction of sp³-hybridized carbons (Fsp3) is 0. The van der Waals surface area contributed by atoms with Gasteiger partial charge in [-0.25, -0.2) is 4.79 Å². The van der Waals surface area contributed by atoms with Gasteiger partial charge >= 0.3 is 5.97 Å². The molecule has 1 N–H and O–H groups in total. The van der Waals surface area contributed by atoms with Gasteiger partial charge in [0.25, 0.3) is 0 Å². The lowest BCUT2D eigenvalue weighted by molar-refractivity contribution is 0.0692. The number of rotatable bonds is 2. The number of carbonyl (C=O) groups is 1. The Kier molecular flexibility index (Phi) is 2.19. The minimum Gasteiger partial charge on any atom is -0.476 e. The Morgan fingerprint density at radius 1 is 1.43 bits per heavy atom. The van der Waals surface area contributed by atoms with E-state index in [0.717, 1.165) is 11.5 Å². The molecule has 6 heteroatoms. The molecule has 0 unspecified atom stereocenters. The number of aromatic carboxylic acids is 1. The van der Waals surface area contributed by atoms with Crippen molar-refractivity contribution in [2.75, 3.05) is 0 Å². The molecule has 5 nitrogen and oxygen atoms in total. The van der Waals surface area contributed by atoms with Gasteiger partial charge in [-0.1, -0.05) is 0 Å². The molecule has 0 saturated carbocycles. The second-order valence-electron chi connectivity index (χ2n) is 2.47. The van der Waals surface area contributed by atoms with Gasteiger partial charge in [-0.3, -0.25) is 9.97 Å². The van der Waals surface area contributed by atoms with E-state index in [1.54, 1.807) is 5.38 Å². The molecule has 70 valence electrons. The number of carboxylic acid groups (broad SMARTS) is 1. The molecule has 0 aliphatic carbocycles. The summed E-state index contributed by atoms with van der Waals surface area (Å²) in [5, 5.41) is 10.5. The zero-order valence-corrected chi connectivity index (χ0v) is 7.73. The van der Waals surface area contributed by atoms with Crippen molar-refractivity contribution in [3.8, 4) is 11.3 Å². The molecule has 0 atom stereocenters. The zero-order chi connectivity index (χ0) is 9.97. The fourth-order valence-corrected chi connectivity index (χ4v) is 1.68. The first-order valence-electron chi connectivity index (χ1n) is 3.73. The van der Waals surface area contributed by atoms with Gasteiger partial charge < -0.3 is 5.11 Å². The third-order valence-electron chi connectivity index (χ3n) is 1.61. The van der Waals surface area contributed by atoms with Crippen LogP contribution < -0.4 is 0 Å². The van der Waals surface area contributed by atoms with Gasteiger partial charge in [-0.2, -0.15) is 4.37 Å². The molecule has 0 amide bonds. The topological polar surface area (TPSA) is 76.0 Å². The highest BCUT2D eigenvalue weighted by atomic mass is 32.1. The van der Waals surface area contributed by atoms with Gasteiger partial charge in [-0.05, 0) is 11.5 Å². The van der Waals surface area contributed by atoms with Crippen LogP contribution in [0.1, 0.15) is 10.5 Å². The monoisotopic (exact) mass is 207 g/mol. The van der Waals surface area contributed by atoms with Gasteiger partial charge in [0.2, 0.25) is 0 Å². The quantitative estimate of drug-likeness (QED) is 0.803. The maximum Gasteiger partial charge on any atom is 0.356 e. The van der Waals surface area contributed by atoms with Crippen LogP contribution in [0.3, 0.4) is 0 Å². The molecule has 0 spiro atoms. The van der Waals surface area contributed by atoms with Crippen LogP contribution in [-0.4, -0.2) is 25.4 Å². The van der Waals surface area contributed by atoms with E-state index in [4.69, 9.17) is 5.11 Å². The van der Waals surface area contributed by atoms with Crippen LogP contribution in [0.5, 0.6) is 0 Å². The van der Waals surface area contributed by atoms with Crippen molar-refractivity contribution in [3.63, 3.8) is 0 Å². The molecule has 0 saturated heterocycles. The summed E-state index contributed by atoms with van der Waals surface area (Å²) >= 11 is 1.09. The Labute approximate surface area is 83.2 Å². The summed E-state index contributed by atoms with van der Waals surface area (Å²) in [4.78, 5) is 18.6. The van der Waals surface area contributed by atoms with Crippen LogP contribution in [0.4, 0.5) is 0 Å². The van der Waals surface area contributed by atoms with Crippen LogP contribution >= 0.6 is 11.5 Å². The third kappa shape index (κ3) is 1.47. The molecule has 0 aromatic carbocycles. The predicted molar refractivity (Wildman–Crippen MR) is 50.1 cm³/mol. The van der Waals surface area contributed by atoms with Crippen molar-refractivity contribution < 1.29 is 9.90 Å². The molecule has 2 aromatic heterocycles. The lowest BCUT2D eigenvalue weighted by Gasteiger charge is -1.95. The minimum absolute atomic E-state index is 0.0236. The third-order valence-corrected chi connectivity index (χ3v) is 2.24. The number of nitrogens with zero attached hydrogens (tertiary/aromatic N) is 3. The van der Waals surface area contributed by atoms with Gasteiger partial charge in [0, 0.05) is 23.3 Å². The van der Waals surface area contributed by atoms with E-state index in [9.17, 15) is 4.79 Å². The van der Waals surface area contributed by atoms with Crippen molar-refractivity contribution in [2.24, 2.45) is 0 Å². The van der Waals surface area contributed by atoms with Crippen molar-refractivity contribution in [2.45, 2.75) is 0 Å². The molecule has 0 aliphatic heterocycles. The first kappa shape index (κ1) is 8.76. The highest BCUT2D eigenvalue weighted by Gasteiger charge is 2.15. The molecule has 0 bridgehead atoms. The SMILES string of the molecule is O=C(O)c1nscc1-c1cnccn1. The fourth-order valence-electron chi connectivity index (χ4n) is 1.01. The number of aromatic nitrogens is 3. The van der Waals surface area contributed by atoms with Gasteiger partial charge in [0.15, 0.2) is 5.69 Å². The van der Waals surface area contributed by atoms with Crippen LogP contribution in [0.2, 0.25) is 0 Å². The summed E-state index contributed by atoms with van der Waals surface area (Å²) in [6.07, 6.45) is 4.55. The molecule has 0 radical (unpaired) electrons. The van der Waals surface area contributed by atoms with Crippen molar-refractivity contribution in [1.29, 1.82) is 0 Å². The minimum atomic E-state index is -1.05. The van der Waals surface area contributed by atoms with E-state index < -0.39 is 5.97 Å². The van der Waals surface area contributed by atoms with E-state index in [0.29, 0.717) is 11.3 Å². The van der Waals surface area contributed by atoms with Crippen molar-refractivity contribution >= 4 is 17.5 Å². The maximum atomic E-state index is 10.8. The number of hydrogen-bond donors (Lipinski definition) is 1. The predicted octanol–water partition coefficient (Wildman–Crippen LogP) is 1.30. The lowest BCUT2D eigenvalue weighted by atomic mass is 10.2. The van der Waals surface area contributed by atoms with Crippen LogP contribution in [0.15, 0.2) is 24.0 Å². The first-order valence-corrected chi connectivity index (χ1v) is 4.57. The van der Waals surface area contributed by atoms with Gasteiger partial charge in [-0.15, -0.1) is 0 Å². The molecule has 0 aliphatic rings. The molecular formula is C8H5N3O2S. The summed E-state index contributed by atoms with van der Waals surface area (Å²) in [7, 11) is 0. The molecule has 2 heterocycles. The van der Waals surface area contributed by atoms with E-state index in [2.05, 4.69) is 14.3 Å². The average Bonchev–Trinajstić information content (AvgIpc) is 2.67. The van der Waals surface area contributed by atoms with Crippen LogP contribution in [-0.2, 0) is 0 Å². The second kappa shape index (κ2) is 3.51. The summed E-state index contributed by atoms with van der Waals surface area (Å²) in [5.74, 6) is -1.05. The average molecular weight is 207 g/mol. The van der Waals surface area contributed by atoms with E-state index in [1.807, 2.05) is 0 Å². The molecule has 2 aromatic rings. The Balaban J connectivity index is 2.52. The zero-order valence-electron chi connectivity index (χ0n) is 6.91. The molecule has 0 fully saturated rings. The Morgan fingerprint density at radius 3 is 2.93 bits per heavy atom. The van der Waals surface area contributed by atoms with Gasteiger partial charge in [0.05, 0.1) is 11.9 Å². The van der Waals surface area contributed by atoms with E-state index in [1.165, 1.54) is 18.6 Å². The summed E-state index contributed by atoms with van der Waals surface area (Å²) in [5.41, 5.74) is 1.06. The van der Waals surface area contributed by atoms with Crippen molar-refractivity contribution in [1.82, 2.24) is 14.3 Å². The lowest BCUT2D eigenvalue weighted by Crippen LogP contribution is -1.99. The maximum absolute atomic E-state index is 10.8. The summed E-state index contributed by atoms with van der Waals surface area (Å²) in [6.45, 7) is 0. The van der Waals surface area contributed by atoms with E-state index in [-0.39, 0.29) is 5.69 Å². The smallest absolute Gasteiger partial charge is 0.356 e. The summed E-state index contributed by atoms with van der Waals surface area (Å²) < 4.78 is 3.77. The van der Waals surface area contributed by atoms with Crippen LogP contribution in [0, 0.1) is 0 Å². The molecular weight excluding hydrogens is 202 g/mol. The second-order valence-corrected chi connectivity index (χ2v) is 3.10. The summed E-state index contributed by atoms with van der Waals surface area (Å²) in [6, 6.07) is 0. The largest absolute Gasteiger partial charge is 0.476 e.